The lowest BCUT2D eigenvalue weighted by atomic mass is 10.2. The fourth-order valence-corrected chi connectivity index (χ4v) is 1.01. The number of nitrogens with zero attached hydrogens (tertiary/aromatic N) is 2. The molecule has 0 aliphatic rings. The van der Waals surface area contributed by atoms with Crippen LogP contribution < -0.4 is 5.32 Å². The van der Waals surface area contributed by atoms with E-state index in [0.29, 0.717) is 11.4 Å². The van der Waals surface area contributed by atoms with Crippen LogP contribution in [0.2, 0.25) is 0 Å². The minimum atomic E-state index is -0.515. The van der Waals surface area contributed by atoms with Crippen molar-refractivity contribution in [3.63, 3.8) is 0 Å². The summed E-state index contributed by atoms with van der Waals surface area (Å²) >= 11 is 0. The van der Waals surface area contributed by atoms with Gasteiger partial charge in [0.05, 0.1) is 4.92 Å². The third kappa shape index (κ3) is 2.38. The number of alkyl halides is 1. The van der Waals surface area contributed by atoms with E-state index >= 15 is 0 Å². The summed E-state index contributed by atoms with van der Waals surface area (Å²) in [6, 6.07) is 1.40. The molecule has 0 aromatic carbocycles. The Bertz CT molecular complexity index is 343. The van der Waals surface area contributed by atoms with E-state index in [9.17, 15) is 14.5 Å². The molecule has 0 bridgehead atoms. The molecule has 5 nitrogen and oxygen atoms in total. The first-order valence-electron chi connectivity index (χ1n) is 4.06. The van der Waals surface area contributed by atoms with Crippen LogP contribution in [-0.4, -0.2) is 23.1 Å². The number of pyridine rings is 1. The summed E-state index contributed by atoms with van der Waals surface area (Å²) in [5.74, 6) is 0.480. The zero-order valence-electron chi connectivity index (χ0n) is 7.66. The summed E-state index contributed by atoms with van der Waals surface area (Å²) in [6.45, 7) is 1.34. The van der Waals surface area contributed by atoms with Crippen LogP contribution in [0.25, 0.3) is 0 Å². The SMILES string of the molecule is Cc1cc([N+](=O)[O-])cnc1NCCF. The Kier molecular flexibility index (Phi) is 3.33. The maximum atomic E-state index is 11.8. The van der Waals surface area contributed by atoms with Crippen LogP contribution in [-0.2, 0) is 0 Å². The van der Waals surface area contributed by atoms with Gasteiger partial charge in [0.15, 0.2) is 0 Å². The van der Waals surface area contributed by atoms with E-state index in [0.717, 1.165) is 6.20 Å². The summed E-state index contributed by atoms with van der Waals surface area (Å²) in [6.07, 6.45) is 1.15. The van der Waals surface area contributed by atoms with E-state index < -0.39 is 11.6 Å². The van der Waals surface area contributed by atoms with Crippen molar-refractivity contribution in [1.82, 2.24) is 4.98 Å². The van der Waals surface area contributed by atoms with Gasteiger partial charge in [-0.15, -0.1) is 0 Å². The van der Waals surface area contributed by atoms with Crippen LogP contribution in [0.4, 0.5) is 15.9 Å². The van der Waals surface area contributed by atoms with Crippen molar-refractivity contribution < 1.29 is 9.31 Å². The fourth-order valence-electron chi connectivity index (χ4n) is 1.01. The molecule has 1 heterocycles. The predicted molar refractivity (Wildman–Crippen MR) is 50.1 cm³/mol. The molecule has 0 atom stereocenters. The minimum Gasteiger partial charge on any atom is -0.367 e. The second-order valence-corrected chi connectivity index (χ2v) is 2.73. The molecule has 76 valence electrons. The topological polar surface area (TPSA) is 68.1 Å². The summed E-state index contributed by atoms with van der Waals surface area (Å²) < 4.78 is 11.8. The molecule has 0 amide bonds. The van der Waals surface area contributed by atoms with E-state index in [1.165, 1.54) is 6.07 Å². The highest BCUT2D eigenvalue weighted by molar-refractivity contribution is 5.48. The Morgan fingerprint density at radius 3 is 2.93 bits per heavy atom. The first-order chi connectivity index (χ1) is 6.65. The van der Waals surface area contributed by atoms with E-state index in [-0.39, 0.29) is 12.2 Å². The van der Waals surface area contributed by atoms with Crippen LogP contribution >= 0.6 is 0 Å². The van der Waals surface area contributed by atoms with Crippen molar-refractivity contribution in [2.45, 2.75) is 6.92 Å². The predicted octanol–water partition coefficient (Wildman–Crippen LogP) is 1.68. The third-order valence-corrected chi connectivity index (χ3v) is 1.66. The van der Waals surface area contributed by atoms with E-state index in [1.807, 2.05) is 0 Å². The second kappa shape index (κ2) is 4.50. The van der Waals surface area contributed by atoms with Crippen molar-refractivity contribution in [3.05, 3.63) is 27.9 Å². The summed E-state index contributed by atoms with van der Waals surface area (Å²) in [7, 11) is 0. The lowest BCUT2D eigenvalue weighted by molar-refractivity contribution is -0.385. The first kappa shape index (κ1) is 10.4. The molecule has 0 radical (unpaired) electrons. The largest absolute Gasteiger partial charge is 0.367 e. The standard InChI is InChI=1S/C8H10FN3O2/c1-6-4-7(12(13)14)5-11-8(6)10-3-2-9/h4-5H,2-3H2,1H3,(H,10,11). The normalized spacial score (nSPS) is 9.86. The second-order valence-electron chi connectivity index (χ2n) is 2.73. The maximum absolute atomic E-state index is 11.8. The van der Waals surface area contributed by atoms with Crippen molar-refractivity contribution in [2.24, 2.45) is 0 Å². The summed E-state index contributed by atoms with van der Waals surface area (Å²) in [4.78, 5) is 13.7. The number of halogens is 1. The summed E-state index contributed by atoms with van der Waals surface area (Å²) in [5, 5.41) is 13.1. The van der Waals surface area contributed by atoms with Crippen LogP contribution in [0.15, 0.2) is 12.3 Å². The molecule has 6 heteroatoms. The molecule has 1 rings (SSSR count). The molecule has 0 unspecified atom stereocenters. The molecule has 14 heavy (non-hydrogen) atoms. The number of hydrogen-bond donors (Lipinski definition) is 1. The van der Waals surface area contributed by atoms with Gasteiger partial charge in [-0.05, 0) is 12.5 Å². The summed E-state index contributed by atoms with van der Waals surface area (Å²) in [5.41, 5.74) is 0.570. The molecule has 1 aromatic rings. The molecular formula is C8H10FN3O2. The van der Waals surface area contributed by atoms with Crippen molar-refractivity contribution in [2.75, 3.05) is 18.5 Å². The monoisotopic (exact) mass is 199 g/mol. The van der Waals surface area contributed by atoms with Crippen molar-refractivity contribution in [1.29, 1.82) is 0 Å². The lowest BCUT2D eigenvalue weighted by Gasteiger charge is -2.05. The zero-order chi connectivity index (χ0) is 10.6. The van der Waals surface area contributed by atoms with Crippen LogP contribution in [0.1, 0.15) is 5.56 Å². The van der Waals surface area contributed by atoms with Crippen LogP contribution in [0, 0.1) is 17.0 Å². The van der Waals surface area contributed by atoms with Gasteiger partial charge in [0.1, 0.15) is 18.7 Å². The zero-order valence-corrected chi connectivity index (χ0v) is 7.66. The van der Waals surface area contributed by atoms with Gasteiger partial charge in [0, 0.05) is 12.6 Å². The highest BCUT2D eigenvalue weighted by Crippen LogP contribution is 2.17. The van der Waals surface area contributed by atoms with Gasteiger partial charge in [-0.2, -0.15) is 0 Å². The third-order valence-electron chi connectivity index (χ3n) is 1.66. The minimum absolute atomic E-state index is 0.0618. The van der Waals surface area contributed by atoms with Gasteiger partial charge < -0.3 is 5.32 Å². The number of aromatic nitrogens is 1. The lowest BCUT2D eigenvalue weighted by Crippen LogP contribution is -2.06. The van der Waals surface area contributed by atoms with Gasteiger partial charge in [-0.3, -0.25) is 10.1 Å². The molecule has 1 aromatic heterocycles. The van der Waals surface area contributed by atoms with E-state index in [4.69, 9.17) is 0 Å². The van der Waals surface area contributed by atoms with Crippen LogP contribution in [0.5, 0.6) is 0 Å². The maximum Gasteiger partial charge on any atom is 0.287 e. The molecule has 0 spiro atoms. The van der Waals surface area contributed by atoms with E-state index in [1.54, 1.807) is 6.92 Å². The highest BCUT2D eigenvalue weighted by atomic mass is 19.1. The fraction of sp³-hybridized carbons (Fsp3) is 0.375. The Labute approximate surface area is 80.1 Å². The van der Waals surface area contributed by atoms with Gasteiger partial charge in [0.2, 0.25) is 0 Å². The number of nitrogens with one attached hydrogen (secondary N) is 1. The van der Waals surface area contributed by atoms with Crippen LogP contribution in [0.3, 0.4) is 0 Å². The molecule has 0 saturated carbocycles. The molecule has 0 aliphatic carbocycles. The highest BCUT2D eigenvalue weighted by Gasteiger charge is 2.08. The number of nitro groups is 1. The molecule has 0 saturated heterocycles. The average Bonchev–Trinajstić information content (AvgIpc) is 2.15. The van der Waals surface area contributed by atoms with Gasteiger partial charge in [0.25, 0.3) is 5.69 Å². The van der Waals surface area contributed by atoms with Gasteiger partial charge in [-0.25, -0.2) is 9.37 Å². The molecule has 1 N–H and O–H groups in total. The molecule has 0 fully saturated rings. The number of rotatable bonds is 4. The average molecular weight is 199 g/mol. The number of anilines is 1. The first-order valence-corrected chi connectivity index (χ1v) is 4.06. The Balaban J connectivity index is 2.84. The number of hydrogen-bond acceptors (Lipinski definition) is 4. The van der Waals surface area contributed by atoms with Crippen molar-refractivity contribution >= 4 is 11.5 Å². The molecule has 0 aliphatic heterocycles. The van der Waals surface area contributed by atoms with E-state index in [2.05, 4.69) is 10.3 Å². The van der Waals surface area contributed by atoms with Crippen molar-refractivity contribution in [3.8, 4) is 0 Å². The van der Waals surface area contributed by atoms with Gasteiger partial charge in [-0.1, -0.05) is 0 Å². The Hall–Kier alpha value is -1.72. The smallest absolute Gasteiger partial charge is 0.287 e. The Morgan fingerprint density at radius 2 is 2.43 bits per heavy atom. The Morgan fingerprint density at radius 1 is 1.71 bits per heavy atom. The number of aryl methyl sites for hydroxylation is 1. The van der Waals surface area contributed by atoms with Gasteiger partial charge >= 0.3 is 0 Å². The quantitative estimate of drug-likeness (QED) is 0.591. The molecular weight excluding hydrogens is 189 g/mol.